The average molecular weight is 291 g/mol. The molecule has 116 valence electrons. The molecule has 1 aliphatic heterocycles. The van der Waals surface area contributed by atoms with Crippen LogP contribution in [0.2, 0.25) is 0 Å². The fourth-order valence-electron chi connectivity index (χ4n) is 3.15. The maximum absolute atomic E-state index is 11.9. The van der Waals surface area contributed by atoms with Crippen molar-refractivity contribution in [2.24, 2.45) is 5.92 Å². The van der Waals surface area contributed by atoms with Gasteiger partial charge in [-0.05, 0) is 30.0 Å². The summed E-state index contributed by atoms with van der Waals surface area (Å²) >= 11 is 0. The minimum Gasteiger partial charge on any atom is -0.493 e. The van der Waals surface area contributed by atoms with Crippen LogP contribution in [0.4, 0.5) is 0 Å². The molecule has 4 heteroatoms. The second-order valence-corrected chi connectivity index (χ2v) is 6.41. The Morgan fingerprint density at radius 1 is 1.29 bits per heavy atom. The first-order chi connectivity index (χ1) is 9.90. The van der Waals surface area contributed by atoms with Crippen molar-refractivity contribution in [1.29, 1.82) is 0 Å². The lowest BCUT2D eigenvalue weighted by Crippen LogP contribution is -2.39. The molecule has 1 fully saturated rings. The summed E-state index contributed by atoms with van der Waals surface area (Å²) in [5, 5.41) is 3.13. The van der Waals surface area contributed by atoms with Crippen LogP contribution in [0, 0.1) is 5.92 Å². The molecule has 1 heterocycles. The molecule has 0 bridgehead atoms. The van der Waals surface area contributed by atoms with Gasteiger partial charge in [0.05, 0.1) is 14.2 Å². The number of hydrogen-bond acceptors (Lipinski definition) is 3. The van der Waals surface area contributed by atoms with Crippen molar-refractivity contribution in [2.75, 3.05) is 14.2 Å². The number of methoxy groups -OCH3 is 2. The van der Waals surface area contributed by atoms with E-state index >= 15 is 0 Å². The Labute approximate surface area is 126 Å². The molecule has 2 rings (SSSR count). The first kappa shape index (κ1) is 15.7. The van der Waals surface area contributed by atoms with Crippen molar-refractivity contribution < 1.29 is 14.3 Å². The minimum absolute atomic E-state index is 0.123. The molecular weight excluding hydrogens is 266 g/mol. The van der Waals surface area contributed by atoms with Gasteiger partial charge in [0.25, 0.3) is 0 Å². The van der Waals surface area contributed by atoms with Crippen molar-refractivity contribution >= 4 is 5.91 Å². The lowest BCUT2D eigenvalue weighted by molar-refractivity contribution is -0.119. The predicted octanol–water partition coefficient (Wildman–Crippen LogP) is 2.90. The molecule has 1 amide bonds. The minimum atomic E-state index is -0.207. The number of carbonyl (C=O) groups excluding carboxylic acids is 1. The lowest BCUT2D eigenvalue weighted by Gasteiger charge is -2.32. The topological polar surface area (TPSA) is 47.6 Å². The summed E-state index contributed by atoms with van der Waals surface area (Å²) in [5.41, 5.74) is 0.908. The molecule has 1 saturated heterocycles. The third kappa shape index (κ3) is 2.99. The molecule has 2 unspecified atom stereocenters. The third-order valence-electron chi connectivity index (χ3n) is 4.38. The van der Waals surface area contributed by atoms with E-state index in [1.807, 2.05) is 18.2 Å². The molecule has 21 heavy (non-hydrogen) atoms. The number of rotatable bonds is 5. The molecule has 0 aromatic heterocycles. The van der Waals surface area contributed by atoms with Crippen LogP contribution in [-0.4, -0.2) is 26.2 Å². The fraction of sp³-hybridized carbons (Fsp3) is 0.588. The Bertz CT molecular complexity index is 527. The smallest absolute Gasteiger partial charge is 0.221 e. The van der Waals surface area contributed by atoms with Gasteiger partial charge in [0.15, 0.2) is 11.5 Å². The summed E-state index contributed by atoms with van der Waals surface area (Å²) in [6, 6.07) is 6.10. The molecule has 1 aromatic carbocycles. The second-order valence-electron chi connectivity index (χ2n) is 6.41. The van der Waals surface area contributed by atoms with Gasteiger partial charge in [0, 0.05) is 17.9 Å². The summed E-state index contributed by atoms with van der Waals surface area (Å²) in [6.45, 7) is 6.51. The van der Waals surface area contributed by atoms with Crippen molar-refractivity contribution in [2.45, 2.75) is 45.1 Å². The summed E-state index contributed by atoms with van der Waals surface area (Å²) < 4.78 is 10.7. The van der Waals surface area contributed by atoms with E-state index in [9.17, 15) is 4.79 Å². The summed E-state index contributed by atoms with van der Waals surface area (Å²) in [5.74, 6) is 2.08. The van der Waals surface area contributed by atoms with E-state index in [1.54, 1.807) is 14.2 Å². The molecule has 0 radical (unpaired) electrons. The van der Waals surface area contributed by atoms with E-state index in [0.29, 0.717) is 23.8 Å². The number of ether oxygens (including phenoxy) is 2. The molecular formula is C17H25NO3. The summed E-state index contributed by atoms with van der Waals surface area (Å²) in [6.07, 6.45) is 1.48. The molecule has 0 spiro atoms. The SMILES string of the molecule is COc1ccc(C2(C)CC(=O)NC2CC(C)C)cc1OC. The van der Waals surface area contributed by atoms with Gasteiger partial charge in [-0.3, -0.25) is 4.79 Å². The third-order valence-corrected chi connectivity index (χ3v) is 4.38. The zero-order valence-electron chi connectivity index (χ0n) is 13.5. The van der Waals surface area contributed by atoms with Crippen LogP contribution in [0.3, 0.4) is 0 Å². The standard InChI is InChI=1S/C17H25NO3/c1-11(2)8-15-17(3,10-16(19)18-15)12-6-7-13(20-4)14(9-12)21-5/h6-7,9,11,15H,8,10H2,1-5H3,(H,18,19). The van der Waals surface area contributed by atoms with Gasteiger partial charge in [-0.2, -0.15) is 0 Å². The highest BCUT2D eigenvalue weighted by Crippen LogP contribution is 2.41. The van der Waals surface area contributed by atoms with Gasteiger partial charge >= 0.3 is 0 Å². The molecule has 1 aliphatic rings. The van der Waals surface area contributed by atoms with Crippen molar-refractivity contribution in [3.63, 3.8) is 0 Å². The molecule has 1 aromatic rings. The molecule has 1 N–H and O–H groups in total. The highest BCUT2D eigenvalue weighted by Gasteiger charge is 2.44. The zero-order chi connectivity index (χ0) is 15.6. The first-order valence-corrected chi connectivity index (χ1v) is 7.42. The van der Waals surface area contributed by atoms with Gasteiger partial charge < -0.3 is 14.8 Å². The van der Waals surface area contributed by atoms with E-state index < -0.39 is 0 Å². The van der Waals surface area contributed by atoms with Crippen molar-refractivity contribution in [3.8, 4) is 11.5 Å². The largest absolute Gasteiger partial charge is 0.493 e. The molecule has 2 atom stereocenters. The van der Waals surface area contributed by atoms with E-state index in [0.717, 1.165) is 12.0 Å². The monoisotopic (exact) mass is 291 g/mol. The van der Waals surface area contributed by atoms with Gasteiger partial charge in [-0.15, -0.1) is 0 Å². The van der Waals surface area contributed by atoms with Crippen LogP contribution in [0.1, 0.15) is 39.2 Å². The Hall–Kier alpha value is -1.71. The summed E-state index contributed by atoms with van der Waals surface area (Å²) in [4.78, 5) is 11.9. The Morgan fingerprint density at radius 2 is 1.95 bits per heavy atom. The van der Waals surface area contributed by atoms with Crippen LogP contribution in [-0.2, 0) is 10.2 Å². The van der Waals surface area contributed by atoms with Gasteiger partial charge in [-0.1, -0.05) is 26.8 Å². The van der Waals surface area contributed by atoms with Gasteiger partial charge in [0.2, 0.25) is 5.91 Å². The molecule has 0 saturated carbocycles. The predicted molar refractivity (Wildman–Crippen MR) is 82.9 cm³/mol. The molecule has 0 aliphatic carbocycles. The molecule has 4 nitrogen and oxygen atoms in total. The lowest BCUT2D eigenvalue weighted by atomic mass is 9.73. The second kappa shape index (κ2) is 5.96. The van der Waals surface area contributed by atoms with E-state index in [-0.39, 0.29) is 17.4 Å². The number of hydrogen-bond donors (Lipinski definition) is 1. The van der Waals surface area contributed by atoms with E-state index in [4.69, 9.17) is 9.47 Å². The maximum atomic E-state index is 11.9. The Kier molecular flexibility index (Phi) is 4.45. The van der Waals surface area contributed by atoms with Crippen LogP contribution >= 0.6 is 0 Å². The van der Waals surface area contributed by atoms with Crippen LogP contribution < -0.4 is 14.8 Å². The maximum Gasteiger partial charge on any atom is 0.221 e. The van der Waals surface area contributed by atoms with Crippen molar-refractivity contribution in [1.82, 2.24) is 5.32 Å². The zero-order valence-corrected chi connectivity index (χ0v) is 13.5. The number of benzene rings is 1. The summed E-state index contributed by atoms with van der Waals surface area (Å²) in [7, 11) is 3.26. The number of nitrogens with one attached hydrogen (secondary N) is 1. The normalized spacial score (nSPS) is 25.0. The van der Waals surface area contributed by atoms with E-state index in [2.05, 4.69) is 26.1 Å². The average Bonchev–Trinajstić information content (AvgIpc) is 2.72. The van der Waals surface area contributed by atoms with Crippen LogP contribution in [0.15, 0.2) is 18.2 Å². The Morgan fingerprint density at radius 3 is 2.52 bits per heavy atom. The highest BCUT2D eigenvalue weighted by molar-refractivity contribution is 5.81. The quantitative estimate of drug-likeness (QED) is 0.907. The van der Waals surface area contributed by atoms with Crippen LogP contribution in [0.5, 0.6) is 11.5 Å². The van der Waals surface area contributed by atoms with Crippen molar-refractivity contribution in [3.05, 3.63) is 23.8 Å². The van der Waals surface area contributed by atoms with E-state index in [1.165, 1.54) is 0 Å². The van der Waals surface area contributed by atoms with Gasteiger partial charge in [0.1, 0.15) is 0 Å². The fourth-order valence-corrected chi connectivity index (χ4v) is 3.15. The van der Waals surface area contributed by atoms with Gasteiger partial charge in [-0.25, -0.2) is 0 Å². The number of carbonyl (C=O) groups is 1. The first-order valence-electron chi connectivity index (χ1n) is 7.42. The Balaban J connectivity index is 2.39. The van der Waals surface area contributed by atoms with Crippen LogP contribution in [0.25, 0.3) is 0 Å². The number of amides is 1. The highest BCUT2D eigenvalue weighted by atomic mass is 16.5.